The van der Waals surface area contributed by atoms with Crippen LogP contribution in [-0.4, -0.2) is 15.0 Å². The Morgan fingerprint density at radius 2 is 2.33 bits per heavy atom. The van der Waals surface area contributed by atoms with Crippen molar-refractivity contribution in [2.24, 2.45) is 5.92 Å². The van der Waals surface area contributed by atoms with Crippen LogP contribution >= 0.6 is 0 Å². The van der Waals surface area contributed by atoms with Gasteiger partial charge in [0.1, 0.15) is 0 Å². The highest BCUT2D eigenvalue weighted by Crippen LogP contribution is 2.30. The quantitative estimate of drug-likeness (QED) is 0.684. The Kier molecular flexibility index (Phi) is 1.87. The molecule has 0 bridgehead atoms. The monoisotopic (exact) mass is 165 g/mol. The molecule has 0 N–H and O–H groups in total. The van der Waals surface area contributed by atoms with E-state index in [-0.39, 0.29) is 0 Å². The molecule has 1 aliphatic carbocycles. The van der Waals surface area contributed by atoms with Gasteiger partial charge in [0.05, 0.1) is 18.4 Å². The van der Waals surface area contributed by atoms with Crippen molar-refractivity contribution < 1.29 is 0 Å². The van der Waals surface area contributed by atoms with E-state index in [9.17, 15) is 0 Å². The van der Waals surface area contributed by atoms with Crippen LogP contribution in [-0.2, 0) is 6.54 Å². The fourth-order valence-corrected chi connectivity index (χ4v) is 1.19. The minimum absolute atomic E-state index is 0.498. The lowest BCUT2D eigenvalue weighted by Crippen LogP contribution is -2.04. The summed E-state index contributed by atoms with van der Waals surface area (Å²) < 4.78 is 0. The van der Waals surface area contributed by atoms with Crippen molar-refractivity contribution in [1.82, 2.24) is 15.0 Å². The minimum Gasteiger partial charge on any atom is -0.184 e. The maximum absolute atomic E-state index is 4.40. The first-order valence-corrected chi connectivity index (χ1v) is 4.65. The van der Waals surface area contributed by atoms with Gasteiger partial charge >= 0.3 is 0 Å². The molecule has 0 aromatic carbocycles. The van der Waals surface area contributed by atoms with Crippen molar-refractivity contribution in [3.63, 3.8) is 0 Å². The van der Waals surface area contributed by atoms with Crippen LogP contribution in [0.1, 0.15) is 38.3 Å². The molecule has 1 aromatic heterocycles. The summed E-state index contributed by atoms with van der Waals surface area (Å²) in [6.45, 7) is 5.31. The second-order valence-electron chi connectivity index (χ2n) is 3.92. The fourth-order valence-electron chi connectivity index (χ4n) is 1.19. The summed E-state index contributed by atoms with van der Waals surface area (Å²) in [7, 11) is 0. The molecule has 12 heavy (non-hydrogen) atoms. The molecule has 0 atom stereocenters. The molecule has 0 spiro atoms. The molecule has 0 saturated heterocycles. The SMILES string of the molecule is CC(C)c1cnn(CC2CC2)n1. The summed E-state index contributed by atoms with van der Waals surface area (Å²) in [6, 6.07) is 0. The van der Waals surface area contributed by atoms with Gasteiger partial charge in [0.25, 0.3) is 0 Å². The van der Waals surface area contributed by atoms with Gasteiger partial charge < -0.3 is 0 Å². The van der Waals surface area contributed by atoms with Crippen LogP contribution in [0.5, 0.6) is 0 Å². The van der Waals surface area contributed by atoms with Gasteiger partial charge in [0.2, 0.25) is 0 Å². The van der Waals surface area contributed by atoms with E-state index in [4.69, 9.17) is 0 Å². The lowest BCUT2D eigenvalue weighted by molar-refractivity contribution is 0.492. The average Bonchev–Trinajstić information content (AvgIpc) is 2.66. The highest BCUT2D eigenvalue weighted by molar-refractivity contribution is 4.97. The standard InChI is InChI=1S/C9H15N3/c1-7(2)9-5-10-12(11-9)6-8-3-4-8/h5,7-8H,3-4,6H2,1-2H3. The van der Waals surface area contributed by atoms with Gasteiger partial charge in [-0.3, -0.25) is 0 Å². The predicted octanol–water partition coefficient (Wildman–Crippen LogP) is 1.81. The van der Waals surface area contributed by atoms with Gasteiger partial charge in [-0.2, -0.15) is 15.0 Å². The minimum atomic E-state index is 0.498. The average molecular weight is 165 g/mol. The van der Waals surface area contributed by atoms with Crippen LogP contribution in [0.15, 0.2) is 6.20 Å². The summed E-state index contributed by atoms with van der Waals surface area (Å²) in [5.41, 5.74) is 1.11. The van der Waals surface area contributed by atoms with E-state index in [1.807, 2.05) is 11.0 Å². The summed E-state index contributed by atoms with van der Waals surface area (Å²) in [5, 5.41) is 8.62. The molecule has 1 aliphatic rings. The number of nitrogens with zero attached hydrogens (tertiary/aromatic N) is 3. The van der Waals surface area contributed by atoms with Gasteiger partial charge in [-0.15, -0.1) is 0 Å². The Morgan fingerprint density at radius 1 is 1.58 bits per heavy atom. The van der Waals surface area contributed by atoms with Crippen LogP contribution in [0.3, 0.4) is 0 Å². The Balaban J connectivity index is 2.02. The summed E-state index contributed by atoms with van der Waals surface area (Å²) in [4.78, 5) is 1.84. The van der Waals surface area contributed by atoms with Crippen molar-refractivity contribution in [1.29, 1.82) is 0 Å². The smallest absolute Gasteiger partial charge is 0.0852 e. The molecule has 0 unspecified atom stereocenters. The van der Waals surface area contributed by atoms with Gasteiger partial charge in [0, 0.05) is 0 Å². The van der Waals surface area contributed by atoms with Gasteiger partial charge in [-0.05, 0) is 24.7 Å². The zero-order valence-corrected chi connectivity index (χ0v) is 7.70. The second-order valence-corrected chi connectivity index (χ2v) is 3.92. The van der Waals surface area contributed by atoms with Crippen LogP contribution in [0.2, 0.25) is 0 Å². The van der Waals surface area contributed by atoms with E-state index in [0.29, 0.717) is 5.92 Å². The highest BCUT2D eigenvalue weighted by atomic mass is 15.5. The topological polar surface area (TPSA) is 30.7 Å². The van der Waals surface area contributed by atoms with E-state index in [2.05, 4.69) is 24.0 Å². The fraction of sp³-hybridized carbons (Fsp3) is 0.778. The number of hydrogen-bond acceptors (Lipinski definition) is 2. The number of rotatable bonds is 3. The van der Waals surface area contributed by atoms with Crippen molar-refractivity contribution in [3.8, 4) is 0 Å². The molecule has 66 valence electrons. The van der Waals surface area contributed by atoms with E-state index >= 15 is 0 Å². The van der Waals surface area contributed by atoms with Crippen LogP contribution < -0.4 is 0 Å². The number of hydrogen-bond donors (Lipinski definition) is 0. The second kappa shape index (κ2) is 2.88. The third-order valence-electron chi connectivity index (χ3n) is 2.26. The first-order chi connectivity index (χ1) is 5.75. The molecule has 0 radical (unpaired) electrons. The maximum Gasteiger partial charge on any atom is 0.0852 e. The van der Waals surface area contributed by atoms with E-state index in [1.165, 1.54) is 12.8 Å². The lowest BCUT2D eigenvalue weighted by atomic mass is 10.2. The third-order valence-corrected chi connectivity index (χ3v) is 2.26. The first kappa shape index (κ1) is 7.77. The van der Waals surface area contributed by atoms with Crippen LogP contribution in [0.25, 0.3) is 0 Å². The molecule has 0 aliphatic heterocycles. The van der Waals surface area contributed by atoms with Gasteiger partial charge in [-0.1, -0.05) is 13.8 Å². The Morgan fingerprint density at radius 3 is 2.83 bits per heavy atom. The lowest BCUT2D eigenvalue weighted by Gasteiger charge is -1.97. The van der Waals surface area contributed by atoms with Crippen molar-refractivity contribution in [2.75, 3.05) is 0 Å². The summed E-state index contributed by atoms with van der Waals surface area (Å²) in [5.74, 6) is 1.36. The highest BCUT2D eigenvalue weighted by Gasteiger charge is 2.22. The van der Waals surface area contributed by atoms with Crippen molar-refractivity contribution in [3.05, 3.63) is 11.9 Å². The summed E-state index contributed by atoms with van der Waals surface area (Å²) in [6.07, 6.45) is 4.60. The summed E-state index contributed by atoms with van der Waals surface area (Å²) >= 11 is 0. The van der Waals surface area contributed by atoms with Crippen molar-refractivity contribution >= 4 is 0 Å². The molecule has 0 amide bonds. The molecular formula is C9H15N3. The largest absolute Gasteiger partial charge is 0.184 e. The molecular weight excluding hydrogens is 150 g/mol. The molecule has 1 aromatic rings. The molecule has 3 nitrogen and oxygen atoms in total. The Labute approximate surface area is 72.8 Å². The zero-order valence-electron chi connectivity index (χ0n) is 7.70. The number of aromatic nitrogens is 3. The Hall–Kier alpha value is -0.860. The maximum atomic E-state index is 4.40. The molecule has 1 fully saturated rings. The molecule has 1 saturated carbocycles. The molecule has 3 heteroatoms. The molecule has 2 rings (SSSR count). The Bertz CT molecular complexity index is 260. The van der Waals surface area contributed by atoms with E-state index < -0.39 is 0 Å². The zero-order chi connectivity index (χ0) is 8.55. The van der Waals surface area contributed by atoms with Gasteiger partial charge in [0.15, 0.2) is 0 Å². The van der Waals surface area contributed by atoms with E-state index in [1.54, 1.807) is 0 Å². The third kappa shape index (κ3) is 1.65. The van der Waals surface area contributed by atoms with Crippen LogP contribution in [0, 0.1) is 5.92 Å². The molecule has 1 heterocycles. The van der Waals surface area contributed by atoms with Gasteiger partial charge in [-0.25, -0.2) is 0 Å². The first-order valence-electron chi connectivity index (χ1n) is 4.65. The van der Waals surface area contributed by atoms with E-state index in [0.717, 1.165) is 18.2 Å². The normalized spacial score (nSPS) is 17.2. The van der Waals surface area contributed by atoms with Crippen LogP contribution in [0.4, 0.5) is 0 Å². The van der Waals surface area contributed by atoms with Crippen molar-refractivity contribution in [2.45, 2.75) is 39.2 Å². The predicted molar refractivity (Wildman–Crippen MR) is 46.8 cm³/mol.